The average Bonchev–Trinajstić information content (AvgIpc) is 1.88. The molecular formula is C6H9ClO3. The van der Waals surface area contributed by atoms with Gasteiger partial charge in [0.15, 0.2) is 0 Å². The fraction of sp³-hybridized carbons (Fsp3) is 0.500. The molecule has 0 bridgehead atoms. The van der Waals surface area contributed by atoms with Crippen LogP contribution in [0.4, 0.5) is 0 Å². The number of halogens is 1. The summed E-state index contributed by atoms with van der Waals surface area (Å²) in [6.07, 6.45) is -0.155. The molecule has 0 rings (SSSR count). The van der Waals surface area contributed by atoms with E-state index in [1.807, 2.05) is 0 Å². The summed E-state index contributed by atoms with van der Waals surface area (Å²) in [6, 6.07) is 0. The molecule has 4 heteroatoms. The fourth-order valence-electron chi connectivity index (χ4n) is 0.398. The van der Waals surface area contributed by atoms with Crippen molar-refractivity contribution >= 4 is 17.6 Å². The summed E-state index contributed by atoms with van der Waals surface area (Å²) in [5, 5.41) is 8.68. The number of carbonyl (C=O) groups excluding carboxylic acids is 1. The molecule has 0 fully saturated rings. The maximum atomic E-state index is 10.5. The zero-order valence-corrected chi connectivity index (χ0v) is 6.39. The van der Waals surface area contributed by atoms with E-state index in [-0.39, 0.29) is 12.2 Å². The smallest absolute Gasteiger partial charge is 0.313 e. The van der Waals surface area contributed by atoms with Crippen molar-refractivity contribution < 1.29 is 14.6 Å². The van der Waals surface area contributed by atoms with Gasteiger partial charge in [-0.25, -0.2) is 0 Å². The number of hydrogen-bond donors (Lipinski definition) is 1. The number of ether oxygens (including phenoxy) is 1. The number of esters is 1. The Morgan fingerprint density at radius 1 is 1.80 bits per heavy atom. The lowest BCUT2D eigenvalue weighted by atomic mass is 10.4. The number of rotatable bonds is 3. The van der Waals surface area contributed by atoms with Gasteiger partial charge in [0.25, 0.3) is 0 Å². The van der Waals surface area contributed by atoms with Gasteiger partial charge in [-0.2, -0.15) is 0 Å². The Kier molecular flexibility index (Phi) is 4.76. The van der Waals surface area contributed by atoms with Gasteiger partial charge < -0.3 is 9.84 Å². The molecule has 0 aliphatic heterocycles. The van der Waals surface area contributed by atoms with E-state index < -0.39 is 5.97 Å². The molecule has 0 spiro atoms. The Morgan fingerprint density at radius 2 is 2.40 bits per heavy atom. The van der Waals surface area contributed by atoms with Gasteiger partial charge in [-0.1, -0.05) is 11.6 Å². The Balaban J connectivity index is 3.58. The van der Waals surface area contributed by atoms with Gasteiger partial charge in [-0.3, -0.25) is 4.79 Å². The molecule has 3 nitrogen and oxygen atoms in total. The lowest BCUT2D eigenvalue weighted by Crippen LogP contribution is -2.04. The van der Waals surface area contributed by atoms with Crippen LogP contribution in [0.5, 0.6) is 0 Å². The fourth-order valence-corrected chi connectivity index (χ4v) is 0.476. The van der Waals surface area contributed by atoms with E-state index in [1.165, 1.54) is 0 Å². The van der Waals surface area contributed by atoms with E-state index in [4.69, 9.17) is 16.7 Å². The first-order valence-corrected chi connectivity index (χ1v) is 3.28. The van der Waals surface area contributed by atoms with Crippen molar-refractivity contribution in [2.75, 3.05) is 6.61 Å². The minimum Gasteiger partial charge on any atom is -0.511 e. The molecule has 10 heavy (non-hydrogen) atoms. The third-order valence-corrected chi connectivity index (χ3v) is 1.01. The second-order valence-corrected chi connectivity index (χ2v) is 1.80. The molecule has 1 N–H and O–H groups in total. The summed E-state index contributed by atoms with van der Waals surface area (Å²) in [4.78, 5) is 10.5. The first kappa shape index (κ1) is 9.30. The van der Waals surface area contributed by atoms with Crippen molar-refractivity contribution in [1.82, 2.24) is 0 Å². The highest BCUT2D eigenvalue weighted by atomic mass is 35.5. The zero-order valence-electron chi connectivity index (χ0n) is 5.63. The summed E-state index contributed by atoms with van der Waals surface area (Å²) in [7, 11) is 0. The second-order valence-electron chi connectivity index (χ2n) is 1.58. The number of carbonyl (C=O) groups is 1. The molecule has 0 aromatic heterocycles. The SMILES string of the molecule is CCOC(=O)CC(O)=CCl. The van der Waals surface area contributed by atoms with Crippen LogP contribution >= 0.6 is 11.6 Å². The van der Waals surface area contributed by atoms with Crippen LogP contribution in [-0.2, 0) is 9.53 Å². The number of aliphatic hydroxyl groups is 1. The lowest BCUT2D eigenvalue weighted by molar-refractivity contribution is -0.142. The monoisotopic (exact) mass is 164 g/mol. The van der Waals surface area contributed by atoms with Gasteiger partial charge in [0, 0.05) is 5.54 Å². The highest BCUT2D eigenvalue weighted by Crippen LogP contribution is 1.99. The Bertz CT molecular complexity index is 142. The van der Waals surface area contributed by atoms with Gasteiger partial charge in [-0.05, 0) is 6.92 Å². The van der Waals surface area contributed by atoms with Gasteiger partial charge in [0.2, 0.25) is 0 Å². The van der Waals surface area contributed by atoms with Crippen molar-refractivity contribution in [3.8, 4) is 0 Å². The van der Waals surface area contributed by atoms with E-state index in [2.05, 4.69) is 4.74 Å². The Hall–Kier alpha value is -0.700. The molecule has 0 saturated carbocycles. The summed E-state index contributed by atoms with van der Waals surface area (Å²) in [5.74, 6) is -0.656. The van der Waals surface area contributed by atoms with E-state index in [0.717, 1.165) is 5.54 Å². The van der Waals surface area contributed by atoms with E-state index >= 15 is 0 Å². The molecule has 0 saturated heterocycles. The van der Waals surface area contributed by atoms with Crippen molar-refractivity contribution in [3.05, 3.63) is 11.3 Å². The summed E-state index contributed by atoms with van der Waals surface area (Å²) < 4.78 is 4.52. The standard InChI is InChI=1S/C6H9ClO3/c1-2-10-6(9)3-5(8)4-7/h4,8H,2-3H2,1H3. The highest BCUT2D eigenvalue weighted by Gasteiger charge is 2.03. The molecular weight excluding hydrogens is 156 g/mol. The van der Waals surface area contributed by atoms with Crippen LogP contribution in [0.2, 0.25) is 0 Å². The summed E-state index contributed by atoms with van der Waals surface area (Å²) in [6.45, 7) is 2.01. The number of aliphatic hydroxyl groups excluding tert-OH is 1. The van der Waals surface area contributed by atoms with E-state index in [9.17, 15) is 4.79 Å². The van der Waals surface area contributed by atoms with Crippen molar-refractivity contribution in [3.63, 3.8) is 0 Å². The third kappa shape index (κ3) is 4.21. The Labute approximate surface area is 64.2 Å². The predicted octanol–water partition coefficient (Wildman–Crippen LogP) is 1.58. The van der Waals surface area contributed by atoms with Crippen LogP contribution in [0.1, 0.15) is 13.3 Å². The van der Waals surface area contributed by atoms with Crippen LogP contribution < -0.4 is 0 Å². The van der Waals surface area contributed by atoms with Crippen LogP contribution in [0.15, 0.2) is 11.3 Å². The van der Waals surface area contributed by atoms with Crippen LogP contribution in [0.3, 0.4) is 0 Å². The van der Waals surface area contributed by atoms with Crippen LogP contribution in [-0.4, -0.2) is 17.7 Å². The molecule has 0 unspecified atom stereocenters. The average molecular weight is 165 g/mol. The molecule has 0 atom stereocenters. The van der Waals surface area contributed by atoms with Crippen molar-refractivity contribution in [2.45, 2.75) is 13.3 Å². The molecule has 0 aliphatic carbocycles. The molecule has 0 heterocycles. The zero-order chi connectivity index (χ0) is 7.98. The topological polar surface area (TPSA) is 46.5 Å². The molecule has 58 valence electrons. The van der Waals surface area contributed by atoms with Gasteiger partial charge >= 0.3 is 5.97 Å². The summed E-state index contributed by atoms with van der Waals surface area (Å²) in [5.41, 5.74) is 0.941. The van der Waals surface area contributed by atoms with Gasteiger partial charge in [-0.15, -0.1) is 0 Å². The molecule has 0 amide bonds. The van der Waals surface area contributed by atoms with Crippen molar-refractivity contribution in [2.24, 2.45) is 0 Å². The highest BCUT2D eigenvalue weighted by molar-refractivity contribution is 6.25. The third-order valence-electron chi connectivity index (χ3n) is 0.757. The van der Waals surface area contributed by atoms with Crippen LogP contribution in [0, 0.1) is 0 Å². The first-order valence-electron chi connectivity index (χ1n) is 2.84. The lowest BCUT2D eigenvalue weighted by Gasteiger charge is -1.98. The number of hydrogen-bond acceptors (Lipinski definition) is 3. The normalized spacial score (nSPS) is 11.2. The van der Waals surface area contributed by atoms with Gasteiger partial charge in [0.05, 0.1) is 6.61 Å². The largest absolute Gasteiger partial charge is 0.511 e. The maximum Gasteiger partial charge on any atom is 0.313 e. The van der Waals surface area contributed by atoms with Crippen LogP contribution in [0.25, 0.3) is 0 Å². The molecule has 0 aliphatic rings. The second kappa shape index (κ2) is 5.11. The van der Waals surface area contributed by atoms with E-state index in [0.29, 0.717) is 6.61 Å². The molecule has 0 aromatic carbocycles. The quantitative estimate of drug-likeness (QED) is 0.509. The van der Waals surface area contributed by atoms with Crippen molar-refractivity contribution in [1.29, 1.82) is 0 Å². The van der Waals surface area contributed by atoms with Gasteiger partial charge in [0.1, 0.15) is 12.2 Å². The summed E-state index contributed by atoms with van der Waals surface area (Å²) >= 11 is 5.08. The first-order chi connectivity index (χ1) is 4.70. The predicted molar refractivity (Wildman–Crippen MR) is 37.8 cm³/mol. The minimum absolute atomic E-state index is 0.155. The maximum absolute atomic E-state index is 10.5. The molecule has 0 aromatic rings. The Morgan fingerprint density at radius 3 is 2.80 bits per heavy atom. The minimum atomic E-state index is -0.475. The molecule has 0 radical (unpaired) electrons. The van der Waals surface area contributed by atoms with E-state index in [1.54, 1.807) is 6.92 Å².